The van der Waals surface area contributed by atoms with Gasteiger partial charge in [-0.15, -0.1) is 0 Å². The molecule has 0 spiro atoms. The smallest absolute Gasteiger partial charge is 0.325 e. The Hall–Kier alpha value is -4.39. The van der Waals surface area contributed by atoms with E-state index in [9.17, 15) is 9.59 Å². The third-order valence-electron chi connectivity index (χ3n) is 4.86. The SMILES string of the molecule is COc1cccc(NC(C(=O)C(N)=C(C=NCC(=O)O)c2ccccc2)c2ccccc2)c1. The number of anilines is 1. The standard InChI is InChI=1S/C26H25N3O4/c1-33-21-14-8-13-20(15-21)29-25(19-11-6-3-7-12-19)26(32)24(27)22(16-28-17-23(30)31)18-9-4-2-5-10-18/h2-16,25,29H,17,27H2,1H3,(H,30,31). The lowest BCUT2D eigenvalue weighted by atomic mass is 9.95. The van der Waals surface area contributed by atoms with E-state index in [-0.39, 0.29) is 11.5 Å². The Morgan fingerprint density at radius 3 is 2.33 bits per heavy atom. The number of allylic oxidation sites excluding steroid dienone is 1. The van der Waals surface area contributed by atoms with E-state index in [4.69, 9.17) is 15.6 Å². The number of hydrogen-bond donors (Lipinski definition) is 3. The first-order chi connectivity index (χ1) is 16.0. The van der Waals surface area contributed by atoms with Crippen molar-refractivity contribution < 1.29 is 19.4 Å². The predicted molar refractivity (Wildman–Crippen MR) is 129 cm³/mol. The highest BCUT2D eigenvalue weighted by molar-refractivity contribution is 6.20. The lowest BCUT2D eigenvalue weighted by Gasteiger charge is -2.21. The molecular weight excluding hydrogens is 418 g/mol. The molecule has 0 amide bonds. The molecule has 0 radical (unpaired) electrons. The molecule has 3 aromatic carbocycles. The van der Waals surface area contributed by atoms with Crippen LogP contribution in [0.15, 0.2) is 95.6 Å². The van der Waals surface area contributed by atoms with Crippen LogP contribution in [0.25, 0.3) is 5.57 Å². The Morgan fingerprint density at radius 1 is 1.03 bits per heavy atom. The molecule has 7 nitrogen and oxygen atoms in total. The highest BCUT2D eigenvalue weighted by Gasteiger charge is 2.25. The van der Waals surface area contributed by atoms with Crippen LogP contribution in [0, 0.1) is 0 Å². The summed E-state index contributed by atoms with van der Waals surface area (Å²) in [5.74, 6) is -0.802. The molecule has 168 valence electrons. The Morgan fingerprint density at radius 2 is 1.70 bits per heavy atom. The van der Waals surface area contributed by atoms with Gasteiger partial charge in [0, 0.05) is 23.5 Å². The molecule has 0 saturated heterocycles. The van der Waals surface area contributed by atoms with E-state index in [0.29, 0.717) is 22.6 Å². The third kappa shape index (κ3) is 6.30. The molecule has 3 aromatic rings. The lowest BCUT2D eigenvalue weighted by molar-refractivity contribution is -0.135. The quantitative estimate of drug-likeness (QED) is 0.323. The zero-order chi connectivity index (χ0) is 23.6. The summed E-state index contributed by atoms with van der Waals surface area (Å²) in [7, 11) is 1.57. The van der Waals surface area contributed by atoms with E-state index >= 15 is 0 Å². The number of hydrogen-bond acceptors (Lipinski definition) is 6. The molecule has 0 aliphatic heterocycles. The molecule has 0 bridgehead atoms. The van der Waals surface area contributed by atoms with Crippen molar-refractivity contribution in [2.75, 3.05) is 19.0 Å². The summed E-state index contributed by atoms with van der Waals surface area (Å²) < 4.78 is 5.29. The summed E-state index contributed by atoms with van der Waals surface area (Å²) >= 11 is 0. The first-order valence-corrected chi connectivity index (χ1v) is 10.3. The summed E-state index contributed by atoms with van der Waals surface area (Å²) in [6.45, 7) is -0.429. The van der Waals surface area contributed by atoms with Crippen LogP contribution in [0.4, 0.5) is 5.69 Å². The van der Waals surface area contributed by atoms with Crippen molar-refractivity contribution >= 4 is 29.2 Å². The molecule has 0 saturated carbocycles. The van der Waals surface area contributed by atoms with E-state index in [1.807, 2.05) is 54.6 Å². The number of rotatable bonds is 10. The Balaban J connectivity index is 2.05. The van der Waals surface area contributed by atoms with Gasteiger partial charge in [0.2, 0.25) is 5.78 Å². The van der Waals surface area contributed by atoms with Crippen molar-refractivity contribution in [3.05, 3.63) is 102 Å². The summed E-state index contributed by atoms with van der Waals surface area (Å²) in [5.41, 5.74) is 8.78. The molecule has 0 aliphatic carbocycles. The Kier molecular flexibility index (Phi) is 7.96. The number of carbonyl (C=O) groups excluding carboxylic acids is 1. The van der Waals surface area contributed by atoms with Gasteiger partial charge in [-0.2, -0.15) is 0 Å². The summed E-state index contributed by atoms with van der Waals surface area (Å²) in [6.07, 6.45) is 1.34. The van der Waals surface area contributed by atoms with Gasteiger partial charge in [0.1, 0.15) is 18.3 Å². The van der Waals surface area contributed by atoms with Gasteiger partial charge < -0.3 is 20.9 Å². The van der Waals surface area contributed by atoms with Crippen LogP contribution in [0.3, 0.4) is 0 Å². The van der Waals surface area contributed by atoms with Gasteiger partial charge in [-0.3, -0.25) is 14.6 Å². The highest BCUT2D eigenvalue weighted by atomic mass is 16.5. The van der Waals surface area contributed by atoms with Crippen molar-refractivity contribution in [1.82, 2.24) is 0 Å². The number of carboxylic acid groups (broad SMARTS) is 1. The van der Waals surface area contributed by atoms with Crippen LogP contribution in [0.2, 0.25) is 0 Å². The van der Waals surface area contributed by atoms with Crippen molar-refractivity contribution in [3.63, 3.8) is 0 Å². The van der Waals surface area contributed by atoms with Crippen LogP contribution < -0.4 is 15.8 Å². The van der Waals surface area contributed by atoms with Crippen molar-refractivity contribution in [1.29, 1.82) is 0 Å². The number of ketones is 1. The van der Waals surface area contributed by atoms with Gasteiger partial charge >= 0.3 is 5.97 Å². The Bertz CT molecular complexity index is 1160. The van der Waals surface area contributed by atoms with Crippen molar-refractivity contribution in [3.8, 4) is 5.75 Å². The molecule has 33 heavy (non-hydrogen) atoms. The molecule has 0 aliphatic rings. The van der Waals surface area contributed by atoms with Gasteiger partial charge in [-0.25, -0.2) is 0 Å². The molecule has 4 N–H and O–H groups in total. The van der Waals surface area contributed by atoms with Gasteiger partial charge in [-0.1, -0.05) is 66.7 Å². The number of nitrogens with zero attached hydrogens (tertiary/aromatic N) is 1. The number of aliphatic imine (C=N–C) groups is 1. The minimum atomic E-state index is -1.08. The van der Waals surface area contributed by atoms with Gasteiger partial charge in [-0.05, 0) is 23.3 Å². The molecule has 0 aromatic heterocycles. The number of aliphatic carboxylic acids is 1. The zero-order valence-corrected chi connectivity index (χ0v) is 18.1. The average Bonchev–Trinajstić information content (AvgIpc) is 2.85. The van der Waals surface area contributed by atoms with Crippen LogP contribution in [0.5, 0.6) is 5.75 Å². The first kappa shape index (κ1) is 23.3. The monoisotopic (exact) mass is 443 g/mol. The fraction of sp³-hybridized carbons (Fsp3) is 0.115. The average molecular weight is 444 g/mol. The Labute approximate surface area is 192 Å². The molecule has 7 heteroatoms. The minimum absolute atomic E-state index is 0.0282. The number of methoxy groups -OCH3 is 1. The fourth-order valence-electron chi connectivity index (χ4n) is 3.25. The second-order valence-electron chi connectivity index (χ2n) is 7.14. The van der Waals surface area contributed by atoms with Gasteiger partial charge in [0.05, 0.1) is 12.8 Å². The topological polar surface area (TPSA) is 114 Å². The maximum Gasteiger partial charge on any atom is 0.325 e. The van der Waals surface area contributed by atoms with Crippen LogP contribution >= 0.6 is 0 Å². The molecule has 1 unspecified atom stereocenters. The van der Waals surface area contributed by atoms with E-state index in [1.165, 1.54) is 6.21 Å². The van der Waals surface area contributed by atoms with Gasteiger partial charge in [0.25, 0.3) is 0 Å². The van der Waals surface area contributed by atoms with Crippen LogP contribution in [-0.2, 0) is 9.59 Å². The van der Waals surface area contributed by atoms with E-state index < -0.39 is 18.6 Å². The fourth-order valence-corrected chi connectivity index (χ4v) is 3.25. The predicted octanol–water partition coefficient (Wildman–Crippen LogP) is 3.94. The number of ether oxygens (including phenoxy) is 1. The van der Waals surface area contributed by atoms with Crippen molar-refractivity contribution in [2.24, 2.45) is 10.7 Å². The second kappa shape index (κ2) is 11.3. The molecule has 0 fully saturated rings. The number of nitrogens with one attached hydrogen (secondary N) is 1. The summed E-state index contributed by atoms with van der Waals surface area (Å²) in [6, 6.07) is 24.7. The highest BCUT2D eigenvalue weighted by Crippen LogP contribution is 2.27. The van der Waals surface area contributed by atoms with E-state index in [0.717, 1.165) is 5.56 Å². The molecule has 1 atom stereocenters. The van der Waals surface area contributed by atoms with E-state index in [2.05, 4.69) is 10.3 Å². The summed E-state index contributed by atoms with van der Waals surface area (Å²) in [5, 5.41) is 12.2. The number of nitrogens with two attached hydrogens (primary N) is 1. The number of Topliss-reactive ketones (excluding diaryl/α,β-unsaturated/α-hetero) is 1. The number of carboxylic acids is 1. The molecule has 0 heterocycles. The zero-order valence-electron chi connectivity index (χ0n) is 18.1. The number of carbonyl (C=O) groups is 2. The van der Waals surface area contributed by atoms with Crippen LogP contribution in [-0.4, -0.2) is 36.7 Å². The van der Waals surface area contributed by atoms with Gasteiger partial charge in [0.15, 0.2) is 0 Å². The number of benzene rings is 3. The largest absolute Gasteiger partial charge is 0.497 e. The maximum atomic E-state index is 13.7. The molecular formula is C26H25N3O4. The second-order valence-corrected chi connectivity index (χ2v) is 7.14. The maximum absolute atomic E-state index is 13.7. The summed E-state index contributed by atoms with van der Waals surface area (Å²) in [4.78, 5) is 28.5. The van der Waals surface area contributed by atoms with Crippen molar-refractivity contribution in [2.45, 2.75) is 6.04 Å². The minimum Gasteiger partial charge on any atom is -0.497 e. The molecule has 3 rings (SSSR count). The lowest BCUT2D eigenvalue weighted by Crippen LogP contribution is -2.27. The normalized spacial score (nSPS) is 12.6. The first-order valence-electron chi connectivity index (χ1n) is 10.3. The van der Waals surface area contributed by atoms with E-state index in [1.54, 1.807) is 37.4 Å². The van der Waals surface area contributed by atoms with Crippen LogP contribution in [0.1, 0.15) is 17.2 Å². The third-order valence-corrected chi connectivity index (χ3v) is 4.86.